The Labute approximate surface area is 185 Å². The number of fused-ring (bicyclic) bond motifs is 2. The van der Waals surface area contributed by atoms with Crippen LogP contribution >= 0.6 is 22.6 Å². The Bertz CT molecular complexity index is 909. The van der Waals surface area contributed by atoms with Gasteiger partial charge in [0.15, 0.2) is 0 Å². The number of hydrogen-bond donors (Lipinski definition) is 2. The van der Waals surface area contributed by atoms with E-state index in [1.165, 1.54) is 0 Å². The second kappa shape index (κ2) is 10.1. The van der Waals surface area contributed by atoms with Crippen molar-refractivity contribution in [2.45, 2.75) is 57.2 Å². The van der Waals surface area contributed by atoms with Crippen molar-refractivity contribution in [3.63, 3.8) is 0 Å². The van der Waals surface area contributed by atoms with Gasteiger partial charge in [-0.25, -0.2) is 8.42 Å². The van der Waals surface area contributed by atoms with Crippen LogP contribution < -0.4 is 4.72 Å². The van der Waals surface area contributed by atoms with Crippen molar-refractivity contribution in [3.8, 4) is 0 Å². The Morgan fingerprint density at radius 3 is 2.83 bits per heavy atom. The number of rotatable bonds is 11. The monoisotopic (exact) mass is 531 g/mol. The summed E-state index contributed by atoms with van der Waals surface area (Å²) in [7, 11) is -3.46. The normalized spacial score (nSPS) is 21.3. The van der Waals surface area contributed by atoms with Crippen molar-refractivity contribution in [2.24, 2.45) is 0 Å². The highest BCUT2D eigenvalue weighted by molar-refractivity contribution is 14.1. The molecule has 2 heterocycles. The lowest BCUT2D eigenvalue weighted by Crippen LogP contribution is -2.32. The minimum atomic E-state index is -3.46. The molecule has 0 saturated carbocycles. The summed E-state index contributed by atoms with van der Waals surface area (Å²) in [5.41, 5.74) is 2.72. The summed E-state index contributed by atoms with van der Waals surface area (Å²) in [6, 6.07) is 7.86. The number of benzene rings is 1. The number of hydrogen-bond acceptors (Lipinski definition) is 4. The molecule has 158 valence electrons. The Hall–Kier alpha value is -1.39. The summed E-state index contributed by atoms with van der Waals surface area (Å²) >= 11 is 2.22. The standard InChI is InChI=1S/C21H26INO5S/c22-16-7-5-6-15(14-16)12-13-29(26,27)23-21-17(18-10-11-19(21)28-18)8-3-1-2-4-9-20(24)25/h1,3,5-7,14,18-19,23H,2,4,8-13H2,(H,24,25). The van der Waals surface area contributed by atoms with Crippen LogP contribution in [0.1, 0.15) is 44.1 Å². The van der Waals surface area contributed by atoms with Crippen molar-refractivity contribution in [1.29, 1.82) is 0 Å². The second-order valence-electron chi connectivity index (χ2n) is 7.39. The molecule has 6 nitrogen and oxygen atoms in total. The van der Waals surface area contributed by atoms with Crippen molar-refractivity contribution < 1.29 is 23.1 Å². The number of carboxylic acid groups (broad SMARTS) is 1. The topological polar surface area (TPSA) is 92.7 Å². The minimum Gasteiger partial charge on any atom is -0.481 e. The number of halogens is 1. The Morgan fingerprint density at radius 2 is 2.07 bits per heavy atom. The molecule has 1 fully saturated rings. The van der Waals surface area contributed by atoms with Gasteiger partial charge in [-0.1, -0.05) is 24.3 Å². The molecular formula is C21H26INO5S. The van der Waals surface area contributed by atoms with Gasteiger partial charge in [0.2, 0.25) is 10.0 Å². The Kier molecular flexibility index (Phi) is 7.75. The number of sulfonamides is 1. The van der Waals surface area contributed by atoms with Crippen molar-refractivity contribution in [2.75, 3.05) is 5.75 Å². The van der Waals surface area contributed by atoms with E-state index < -0.39 is 16.0 Å². The maximum absolute atomic E-state index is 12.7. The molecule has 1 aromatic rings. The molecule has 0 spiro atoms. The van der Waals surface area contributed by atoms with E-state index >= 15 is 0 Å². The van der Waals surface area contributed by atoms with E-state index in [1.54, 1.807) is 0 Å². The number of allylic oxidation sites excluding steroid dienone is 2. The molecule has 3 rings (SSSR count). The van der Waals surface area contributed by atoms with Gasteiger partial charge in [-0.3, -0.25) is 9.52 Å². The van der Waals surface area contributed by atoms with Gasteiger partial charge in [-0.05, 0) is 84.4 Å². The minimum absolute atomic E-state index is 0.0166. The van der Waals surface area contributed by atoms with Crippen LogP contribution in [0.15, 0.2) is 47.7 Å². The second-order valence-corrected chi connectivity index (χ2v) is 10.5. The van der Waals surface area contributed by atoms with Crippen molar-refractivity contribution in [3.05, 3.63) is 56.8 Å². The molecule has 1 aromatic carbocycles. The molecular weight excluding hydrogens is 505 g/mol. The summed E-state index contributed by atoms with van der Waals surface area (Å²) in [4.78, 5) is 10.6. The van der Waals surface area contributed by atoms with E-state index in [9.17, 15) is 13.2 Å². The number of aryl methyl sites for hydroxylation is 1. The lowest BCUT2D eigenvalue weighted by atomic mass is 9.94. The third kappa shape index (κ3) is 6.55. The van der Waals surface area contributed by atoms with E-state index in [0.29, 0.717) is 31.4 Å². The largest absolute Gasteiger partial charge is 0.481 e. The lowest BCUT2D eigenvalue weighted by molar-refractivity contribution is -0.137. The molecule has 2 aliphatic heterocycles. The van der Waals surface area contributed by atoms with Crippen LogP contribution in [0.2, 0.25) is 0 Å². The van der Waals surface area contributed by atoms with Gasteiger partial charge in [0.1, 0.15) is 0 Å². The molecule has 1 saturated heterocycles. The summed E-state index contributed by atoms with van der Waals surface area (Å²) in [6.45, 7) is 0. The van der Waals surface area contributed by atoms with Crippen LogP contribution in [-0.2, 0) is 26.0 Å². The van der Waals surface area contributed by atoms with Gasteiger partial charge in [0.25, 0.3) is 0 Å². The average molecular weight is 531 g/mol. The smallest absolute Gasteiger partial charge is 0.303 e. The van der Waals surface area contributed by atoms with Gasteiger partial charge in [0, 0.05) is 9.99 Å². The zero-order valence-electron chi connectivity index (χ0n) is 16.1. The Morgan fingerprint density at radius 1 is 1.28 bits per heavy atom. The first-order valence-corrected chi connectivity index (χ1v) is 12.6. The fraction of sp³-hybridized carbons (Fsp3) is 0.476. The van der Waals surface area contributed by atoms with Gasteiger partial charge in [-0.15, -0.1) is 0 Å². The molecule has 2 N–H and O–H groups in total. The molecule has 2 atom stereocenters. The van der Waals surface area contributed by atoms with E-state index in [1.807, 2.05) is 36.4 Å². The highest BCUT2D eigenvalue weighted by atomic mass is 127. The van der Waals surface area contributed by atoms with Crippen molar-refractivity contribution in [1.82, 2.24) is 4.72 Å². The number of ether oxygens (including phenoxy) is 1. The lowest BCUT2D eigenvalue weighted by Gasteiger charge is -2.18. The number of aliphatic carboxylic acids is 1. The van der Waals surface area contributed by atoms with Gasteiger partial charge < -0.3 is 9.84 Å². The van der Waals surface area contributed by atoms with Crippen LogP contribution in [0.25, 0.3) is 0 Å². The number of unbranched alkanes of at least 4 members (excludes halogenated alkanes) is 1. The van der Waals surface area contributed by atoms with Crippen LogP contribution in [-0.4, -0.2) is 37.5 Å². The van der Waals surface area contributed by atoms with Crippen LogP contribution in [0.5, 0.6) is 0 Å². The van der Waals surface area contributed by atoms with Crippen LogP contribution in [0.3, 0.4) is 0 Å². The predicted molar refractivity (Wildman–Crippen MR) is 120 cm³/mol. The number of nitrogens with one attached hydrogen (secondary N) is 1. The van der Waals surface area contributed by atoms with Gasteiger partial charge >= 0.3 is 5.97 Å². The summed E-state index contributed by atoms with van der Waals surface area (Å²) in [5, 5.41) is 8.67. The molecule has 29 heavy (non-hydrogen) atoms. The fourth-order valence-electron chi connectivity index (χ4n) is 3.72. The van der Waals surface area contributed by atoms with Gasteiger partial charge in [-0.2, -0.15) is 0 Å². The first-order chi connectivity index (χ1) is 13.8. The van der Waals surface area contributed by atoms with E-state index in [0.717, 1.165) is 27.5 Å². The number of carboxylic acids is 1. The Balaban J connectivity index is 1.60. The zero-order valence-corrected chi connectivity index (χ0v) is 19.1. The van der Waals surface area contributed by atoms with Crippen LogP contribution in [0.4, 0.5) is 0 Å². The summed E-state index contributed by atoms with van der Waals surface area (Å²) < 4.78 is 35.1. The van der Waals surface area contributed by atoms with Gasteiger partial charge in [0.05, 0.1) is 23.7 Å². The highest BCUT2D eigenvalue weighted by Gasteiger charge is 2.41. The molecule has 2 aliphatic rings. The molecule has 0 amide bonds. The highest BCUT2D eigenvalue weighted by Crippen LogP contribution is 2.40. The third-order valence-corrected chi connectivity index (χ3v) is 7.10. The molecule has 2 bridgehead atoms. The molecule has 2 unspecified atom stereocenters. The van der Waals surface area contributed by atoms with E-state index in [-0.39, 0.29) is 24.4 Å². The molecule has 0 aromatic heterocycles. The molecule has 0 aliphatic carbocycles. The quantitative estimate of drug-likeness (QED) is 0.258. The first kappa shape index (κ1) is 22.3. The zero-order chi connectivity index (χ0) is 20.9. The maximum atomic E-state index is 12.7. The van der Waals surface area contributed by atoms with Crippen molar-refractivity contribution >= 4 is 38.6 Å². The SMILES string of the molecule is O=C(O)CCCC=CCC1=C(NS(=O)(=O)CCc2cccc(I)c2)C2CCC1O2. The summed E-state index contributed by atoms with van der Waals surface area (Å²) in [5.74, 6) is -0.753. The van der Waals surface area contributed by atoms with Crippen LogP contribution in [0, 0.1) is 3.57 Å². The number of carbonyl (C=O) groups is 1. The molecule has 8 heteroatoms. The maximum Gasteiger partial charge on any atom is 0.303 e. The fourth-order valence-corrected chi connectivity index (χ4v) is 5.53. The third-order valence-electron chi connectivity index (χ3n) is 5.16. The van der Waals surface area contributed by atoms with E-state index in [2.05, 4.69) is 27.3 Å². The van der Waals surface area contributed by atoms with E-state index in [4.69, 9.17) is 9.84 Å². The molecule has 0 radical (unpaired) electrons. The predicted octanol–water partition coefficient (Wildman–Crippen LogP) is 3.77. The summed E-state index contributed by atoms with van der Waals surface area (Å²) in [6.07, 6.45) is 8.08. The average Bonchev–Trinajstić information content (AvgIpc) is 3.25. The first-order valence-electron chi connectivity index (χ1n) is 9.84.